The van der Waals surface area contributed by atoms with Crippen molar-refractivity contribution in [2.24, 2.45) is 0 Å². The smallest absolute Gasteiger partial charge is 0.408 e. The molecule has 5 nitrogen and oxygen atoms in total. The van der Waals surface area contributed by atoms with Crippen LogP contribution < -0.4 is 5.32 Å². The second kappa shape index (κ2) is 6.02. The number of nitrogens with zero attached hydrogens (tertiary/aromatic N) is 1. The summed E-state index contributed by atoms with van der Waals surface area (Å²) in [5, 5.41) is 2.75. The van der Waals surface area contributed by atoms with E-state index in [-0.39, 0.29) is 5.91 Å². The maximum absolute atomic E-state index is 12.5. The van der Waals surface area contributed by atoms with Crippen LogP contribution in [0.3, 0.4) is 0 Å². The van der Waals surface area contributed by atoms with Gasteiger partial charge in [-0.2, -0.15) is 0 Å². The van der Waals surface area contributed by atoms with E-state index in [1.165, 1.54) is 0 Å². The highest BCUT2D eigenvalue weighted by atomic mass is 16.6. The molecule has 0 radical (unpaired) electrons. The molecule has 0 aliphatic carbocycles. The van der Waals surface area contributed by atoms with Crippen LogP contribution in [0.1, 0.15) is 59.3 Å². The summed E-state index contributed by atoms with van der Waals surface area (Å²) in [4.78, 5) is 26.4. The van der Waals surface area contributed by atoms with Crippen molar-refractivity contribution >= 4 is 12.0 Å². The SMILES string of the molecule is CC(C)(C)OC(=O)N[C@H]1CCCC[C@H]2CCCN2C1=O. The molecule has 0 aromatic rings. The molecule has 0 unspecified atom stereocenters. The van der Waals surface area contributed by atoms with E-state index in [0.29, 0.717) is 12.5 Å². The van der Waals surface area contributed by atoms with Gasteiger partial charge in [-0.15, -0.1) is 0 Å². The molecule has 2 aliphatic heterocycles. The van der Waals surface area contributed by atoms with E-state index in [2.05, 4.69) is 5.32 Å². The summed E-state index contributed by atoms with van der Waals surface area (Å²) in [6, 6.07) is -0.0449. The number of nitrogens with one attached hydrogen (secondary N) is 1. The number of alkyl carbamates (subject to hydrolysis) is 1. The summed E-state index contributed by atoms with van der Waals surface area (Å²) in [5.41, 5.74) is -0.537. The third kappa shape index (κ3) is 3.87. The van der Waals surface area contributed by atoms with E-state index in [1.54, 1.807) is 0 Å². The Kier molecular flexibility index (Phi) is 4.55. The number of rotatable bonds is 1. The van der Waals surface area contributed by atoms with E-state index < -0.39 is 17.7 Å². The third-order valence-corrected chi connectivity index (χ3v) is 3.93. The van der Waals surface area contributed by atoms with Crippen molar-refractivity contribution in [2.75, 3.05) is 6.54 Å². The van der Waals surface area contributed by atoms with Gasteiger partial charge in [0.1, 0.15) is 11.6 Å². The topological polar surface area (TPSA) is 58.6 Å². The number of hydrogen-bond donors (Lipinski definition) is 1. The summed E-state index contributed by atoms with van der Waals surface area (Å²) < 4.78 is 5.25. The molecular weight excluding hydrogens is 256 g/mol. The lowest BCUT2D eigenvalue weighted by Crippen LogP contribution is -2.51. The van der Waals surface area contributed by atoms with Crippen LogP contribution in [0.5, 0.6) is 0 Å². The van der Waals surface area contributed by atoms with Crippen LogP contribution >= 0.6 is 0 Å². The van der Waals surface area contributed by atoms with Gasteiger partial charge in [-0.3, -0.25) is 4.79 Å². The van der Waals surface area contributed by atoms with Crippen molar-refractivity contribution in [1.29, 1.82) is 0 Å². The number of hydrogen-bond acceptors (Lipinski definition) is 3. The highest BCUT2D eigenvalue weighted by Crippen LogP contribution is 2.26. The highest BCUT2D eigenvalue weighted by molar-refractivity contribution is 5.86. The molecule has 114 valence electrons. The molecule has 1 N–H and O–H groups in total. The van der Waals surface area contributed by atoms with Crippen molar-refractivity contribution in [3.05, 3.63) is 0 Å². The molecule has 2 atom stereocenters. The van der Waals surface area contributed by atoms with Gasteiger partial charge in [0.05, 0.1) is 0 Å². The molecule has 0 bridgehead atoms. The lowest BCUT2D eigenvalue weighted by atomic mass is 9.99. The minimum absolute atomic E-state index is 0.0676. The molecule has 20 heavy (non-hydrogen) atoms. The van der Waals surface area contributed by atoms with Gasteiger partial charge in [0.15, 0.2) is 0 Å². The Morgan fingerprint density at radius 3 is 2.55 bits per heavy atom. The zero-order valence-corrected chi connectivity index (χ0v) is 12.8. The molecular formula is C15H26N2O3. The number of ether oxygens (including phenoxy) is 1. The number of fused-ring (bicyclic) bond motifs is 1. The number of amides is 2. The second-order valence-corrected chi connectivity index (χ2v) is 6.81. The van der Waals surface area contributed by atoms with Gasteiger partial charge >= 0.3 is 6.09 Å². The van der Waals surface area contributed by atoms with Gasteiger partial charge in [-0.25, -0.2) is 4.79 Å². The van der Waals surface area contributed by atoms with Gasteiger partial charge in [-0.1, -0.05) is 12.8 Å². The minimum Gasteiger partial charge on any atom is -0.444 e. The van der Waals surface area contributed by atoms with E-state index in [1.807, 2.05) is 25.7 Å². The quantitative estimate of drug-likeness (QED) is 0.803. The summed E-state index contributed by atoms with van der Waals surface area (Å²) >= 11 is 0. The first kappa shape index (κ1) is 15.1. The highest BCUT2D eigenvalue weighted by Gasteiger charge is 2.35. The Morgan fingerprint density at radius 2 is 1.85 bits per heavy atom. The Morgan fingerprint density at radius 1 is 1.20 bits per heavy atom. The molecule has 2 amide bonds. The first-order chi connectivity index (χ1) is 9.37. The lowest BCUT2D eigenvalue weighted by Gasteiger charge is -2.32. The maximum Gasteiger partial charge on any atom is 0.408 e. The Balaban J connectivity index is 1.98. The van der Waals surface area contributed by atoms with Crippen molar-refractivity contribution < 1.29 is 14.3 Å². The van der Waals surface area contributed by atoms with Gasteiger partial charge in [0.25, 0.3) is 0 Å². The zero-order chi connectivity index (χ0) is 14.8. The third-order valence-electron chi connectivity index (χ3n) is 3.93. The molecule has 5 heteroatoms. The molecule has 0 aromatic carbocycles. The lowest BCUT2D eigenvalue weighted by molar-refractivity contribution is -0.135. The van der Waals surface area contributed by atoms with Gasteiger partial charge < -0.3 is 15.0 Å². The van der Waals surface area contributed by atoms with Crippen LogP contribution in [0.25, 0.3) is 0 Å². The molecule has 2 fully saturated rings. The molecule has 2 rings (SSSR count). The van der Waals surface area contributed by atoms with Crippen molar-refractivity contribution in [3.63, 3.8) is 0 Å². The monoisotopic (exact) mass is 282 g/mol. The fourth-order valence-electron chi connectivity index (χ4n) is 3.06. The van der Waals surface area contributed by atoms with Crippen LogP contribution in [0.2, 0.25) is 0 Å². The Bertz CT molecular complexity index is 376. The van der Waals surface area contributed by atoms with Gasteiger partial charge in [0, 0.05) is 12.6 Å². The van der Waals surface area contributed by atoms with Gasteiger partial charge in [0.2, 0.25) is 5.91 Å². The number of carbonyl (C=O) groups is 2. The average Bonchev–Trinajstić information content (AvgIpc) is 2.76. The van der Waals surface area contributed by atoms with Crippen LogP contribution in [0.4, 0.5) is 4.79 Å². The Labute approximate surface area is 121 Å². The van der Waals surface area contributed by atoms with Gasteiger partial charge in [-0.05, 0) is 46.5 Å². The summed E-state index contributed by atoms with van der Waals surface area (Å²) in [6.07, 6.45) is 5.61. The number of carbonyl (C=O) groups excluding carboxylic acids is 2. The summed E-state index contributed by atoms with van der Waals surface area (Å²) in [5.74, 6) is 0.0676. The van der Waals surface area contributed by atoms with E-state index in [4.69, 9.17) is 4.74 Å². The zero-order valence-electron chi connectivity index (χ0n) is 12.8. The largest absolute Gasteiger partial charge is 0.444 e. The molecule has 0 aromatic heterocycles. The molecule has 0 saturated carbocycles. The van der Waals surface area contributed by atoms with Crippen LogP contribution in [0.15, 0.2) is 0 Å². The van der Waals surface area contributed by atoms with Crippen molar-refractivity contribution in [3.8, 4) is 0 Å². The predicted octanol–water partition coefficient (Wildman–Crippen LogP) is 2.44. The minimum atomic E-state index is -0.537. The van der Waals surface area contributed by atoms with E-state index in [9.17, 15) is 9.59 Å². The fraction of sp³-hybridized carbons (Fsp3) is 0.867. The molecule has 2 aliphatic rings. The van der Waals surface area contributed by atoms with Crippen molar-refractivity contribution in [2.45, 2.75) is 77.0 Å². The summed E-state index contributed by atoms with van der Waals surface area (Å²) in [7, 11) is 0. The van der Waals surface area contributed by atoms with Crippen LogP contribution in [-0.4, -0.2) is 41.1 Å². The molecule has 2 saturated heterocycles. The normalized spacial score (nSPS) is 27.6. The predicted molar refractivity (Wildman–Crippen MR) is 76.4 cm³/mol. The fourth-order valence-corrected chi connectivity index (χ4v) is 3.06. The molecule has 0 spiro atoms. The van der Waals surface area contributed by atoms with E-state index >= 15 is 0 Å². The van der Waals surface area contributed by atoms with Crippen molar-refractivity contribution in [1.82, 2.24) is 10.2 Å². The molecule has 2 heterocycles. The summed E-state index contributed by atoms with van der Waals surface area (Å²) in [6.45, 7) is 6.30. The van der Waals surface area contributed by atoms with Crippen LogP contribution in [0, 0.1) is 0 Å². The van der Waals surface area contributed by atoms with Crippen LogP contribution in [-0.2, 0) is 9.53 Å². The van der Waals surface area contributed by atoms with E-state index in [0.717, 1.165) is 38.6 Å². The maximum atomic E-state index is 12.5. The first-order valence-corrected chi connectivity index (χ1v) is 7.67. The Hall–Kier alpha value is -1.26. The standard InChI is InChI=1S/C15H26N2O3/c1-15(2,3)20-14(19)16-12-9-5-4-7-11-8-6-10-17(11)13(12)18/h11-12H,4-10H2,1-3H3,(H,16,19)/t11-,12-/m0/s1. The average molecular weight is 282 g/mol. The first-order valence-electron chi connectivity index (χ1n) is 7.67. The second-order valence-electron chi connectivity index (χ2n) is 6.81.